The molecule has 0 unspecified atom stereocenters. The standard InChI is InChI=1S/C28H32N8O3/c1-28(5-2-10-39-28)22-15-36(26-24(22)25(30)33-17-34-26)19-11-18(13-32-14-19)16-38-20-3-4-21(23(29)12-20)27(37)35-8-6-31-7-9-35/h3-4,11-15,17,31H,2,5-10,16,29H2,1H3,(H2,30,33,34)/t28-/m1/s1. The van der Waals surface area contributed by atoms with Crippen LogP contribution in [-0.4, -0.2) is 63.1 Å². The lowest BCUT2D eigenvalue weighted by atomic mass is 9.93. The van der Waals surface area contributed by atoms with E-state index in [1.165, 1.54) is 6.33 Å². The van der Waals surface area contributed by atoms with Crippen LogP contribution in [0.25, 0.3) is 16.7 Å². The maximum atomic E-state index is 12.8. The molecule has 202 valence electrons. The van der Waals surface area contributed by atoms with E-state index in [2.05, 4.69) is 27.2 Å². The first-order valence-electron chi connectivity index (χ1n) is 13.2. The van der Waals surface area contributed by atoms with Crippen LogP contribution in [0.3, 0.4) is 0 Å². The minimum Gasteiger partial charge on any atom is -0.489 e. The predicted octanol–water partition coefficient (Wildman–Crippen LogP) is 2.63. The van der Waals surface area contributed by atoms with Gasteiger partial charge in [-0.15, -0.1) is 0 Å². The van der Waals surface area contributed by atoms with Gasteiger partial charge in [-0.05, 0) is 38.0 Å². The quantitative estimate of drug-likeness (QED) is 0.321. The van der Waals surface area contributed by atoms with Crippen molar-refractivity contribution in [3.8, 4) is 11.4 Å². The first kappa shape index (κ1) is 25.1. The second kappa shape index (κ2) is 10.2. The molecule has 1 atom stereocenters. The Morgan fingerprint density at radius 2 is 2.03 bits per heavy atom. The van der Waals surface area contributed by atoms with Crippen LogP contribution < -0.4 is 21.5 Å². The van der Waals surface area contributed by atoms with Gasteiger partial charge >= 0.3 is 0 Å². The number of nitrogens with zero attached hydrogens (tertiary/aromatic N) is 5. The van der Waals surface area contributed by atoms with Gasteiger partial charge in [0.25, 0.3) is 5.91 Å². The molecule has 0 radical (unpaired) electrons. The van der Waals surface area contributed by atoms with Gasteiger partial charge in [0, 0.05) is 68.1 Å². The lowest BCUT2D eigenvalue weighted by molar-refractivity contribution is 0.0180. The number of carbonyl (C=O) groups is 1. The van der Waals surface area contributed by atoms with E-state index >= 15 is 0 Å². The summed E-state index contributed by atoms with van der Waals surface area (Å²) < 4.78 is 14.1. The van der Waals surface area contributed by atoms with E-state index in [1.807, 2.05) is 21.7 Å². The monoisotopic (exact) mass is 528 g/mol. The van der Waals surface area contributed by atoms with Gasteiger partial charge in [-0.1, -0.05) is 0 Å². The van der Waals surface area contributed by atoms with Crippen molar-refractivity contribution < 1.29 is 14.3 Å². The number of pyridine rings is 1. The summed E-state index contributed by atoms with van der Waals surface area (Å²) in [6.45, 7) is 5.98. The highest BCUT2D eigenvalue weighted by Crippen LogP contribution is 2.41. The summed E-state index contributed by atoms with van der Waals surface area (Å²) in [5.41, 5.74) is 16.3. The minimum absolute atomic E-state index is 0.0583. The van der Waals surface area contributed by atoms with Crippen LogP contribution in [0.4, 0.5) is 11.5 Å². The Kier molecular flexibility index (Phi) is 6.53. The first-order chi connectivity index (χ1) is 18.9. The number of nitrogens with two attached hydrogens (primary N) is 2. The number of benzene rings is 1. The number of nitrogens with one attached hydrogen (secondary N) is 1. The van der Waals surface area contributed by atoms with Crippen LogP contribution in [0.15, 0.2) is 49.2 Å². The number of anilines is 2. The van der Waals surface area contributed by atoms with Gasteiger partial charge in [0.1, 0.15) is 30.1 Å². The Labute approximate surface area is 226 Å². The zero-order chi connectivity index (χ0) is 27.0. The number of carbonyl (C=O) groups excluding carboxylic acids is 1. The van der Waals surface area contributed by atoms with Crippen molar-refractivity contribution in [2.24, 2.45) is 0 Å². The molecule has 39 heavy (non-hydrogen) atoms. The largest absolute Gasteiger partial charge is 0.489 e. The van der Waals surface area contributed by atoms with Crippen LogP contribution in [0.2, 0.25) is 0 Å². The van der Waals surface area contributed by atoms with E-state index in [0.717, 1.165) is 48.1 Å². The second-order valence-electron chi connectivity index (χ2n) is 10.2. The molecule has 5 heterocycles. The number of nitrogen functional groups attached to an aromatic ring is 2. The van der Waals surface area contributed by atoms with Crippen molar-refractivity contribution in [3.05, 3.63) is 65.9 Å². The van der Waals surface area contributed by atoms with Gasteiger partial charge in [0.2, 0.25) is 0 Å². The molecule has 1 amide bonds. The number of amides is 1. The summed E-state index contributed by atoms with van der Waals surface area (Å²) in [7, 11) is 0. The Hall–Kier alpha value is -4.22. The van der Waals surface area contributed by atoms with E-state index in [-0.39, 0.29) is 12.5 Å². The summed E-state index contributed by atoms with van der Waals surface area (Å²) in [6.07, 6.45) is 8.91. The van der Waals surface area contributed by atoms with E-state index in [4.69, 9.17) is 20.9 Å². The maximum Gasteiger partial charge on any atom is 0.256 e. The highest BCUT2D eigenvalue weighted by Gasteiger charge is 2.36. The molecule has 11 heteroatoms. The smallest absolute Gasteiger partial charge is 0.256 e. The number of rotatable bonds is 6. The maximum absolute atomic E-state index is 12.8. The zero-order valence-electron chi connectivity index (χ0n) is 21.9. The van der Waals surface area contributed by atoms with Crippen LogP contribution in [-0.2, 0) is 16.9 Å². The molecule has 3 aromatic heterocycles. The average Bonchev–Trinajstić information content (AvgIpc) is 3.58. The molecule has 4 aromatic rings. The SMILES string of the molecule is C[C@]1(c2cn(-c3cncc(COc4ccc(C(=O)N5CCNCC5)c(N)c4)c3)c3ncnc(N)c23)CCCO1. The number of hydrogen-bond acceptors (Lipinski definition) is 9. The Balaban J connectivity index is 1.23. The molecular formula is C28H32N8O3. The van der Waals surface area contributed by atoms with Crippen LogP contribution in [0.5, 0.6) is 5.75 Å². The molecule has 0 bridgehead atoms. The van der Waals surface area contributed by atoms with Crippen molar-refractivity contribution in [1.82, 2.24) is 29.7 Å². The van der Waals surface area contributed by atoms with Gasteiger partial charge in [-0.2, -0.15) is 0 Å². The lowest BCUT2D eigenvalue weighted by Crippen LogP contribution is -2.46. The summed E-state index contributed by atoms with van der Waals surface area (Å²) in [5, 5.41) is 4.05. The highest BCUT2D eigenvalue weighted by atomic mass is 16.5. The van der Waals surface area contributed by atoms with E-state index in [1.54, 1.807) is 30.6 Å². The van der Waals surface area contributed by atoms with Crippen molar-refractivity contribution in [2.75, 3.05) is 44.3 Å². The molecule has 2 aliphatic heterocycles. The van der Waals surface area contributed by atoms with Gasteiger partial charge in [0.05, 0.1) is 28.4 Å². The van der Waals surface area contributed by atoms with E-state index in [9.17, 15) is 4.79 Å². The minimum atomic E-state index is -0.450. The lowest BCUT2D eigenvalue weighted by Gasteiger charge is -2.27. The molecule has 2 saturated heterocycles. The number of piperazine rings is 1. The fourth-order valence-corrected chi connectivity index (χ4v) is 5.39. The number of fused-ring (bicyclic) bond motifs is 1. The van der Waals surface area contributed by atoms with E-state index < -0.39 is 5.60 Å². The molecule has 0 aliphatic carbocycles. The Bertz CT molecular complexity index is 1520. The molecule has 11 nitrogen and oxygen atoms in total. The number of ether oxygens (including phenoxy) is 2. The van der Waals surface area contributed by atoms with Crippen molar-refractivity contribution in [3.63, 3.8) is 0 Å². The number of aromatic nitrogens is 4. The van der Waals surface area contributed by atoms with Gasteiger partial charge in [-0.25, -0.2) is 9.97 Å². The summed E-state index contributed by atoms with van der Waals surface area (Å²) >= 11 is 0. The average molecular weight is 529 g/mol. The molecule has 0 spiro atoms. The van der Waals surface area contributed by atoms with Crippen LogP contribution >= 0.6 is 0 Å². The highest BCUT2D eigenvalue weighted by molar-refractivity contribution is 5.99. The van der Waals surface area contributed by atoms with Crippen molar-refractivity contribution in [2.45, 2.75) is 32.0 Å². The molecule has 5 N–H and O–H groups in total. The Morgan fingerprint density at radius 1 is 1.18 bits per heavy atom. The van der Waals surface area contributed by atoms with Crippen LogP contribution in [0.1, 0.15) is 41.3 Å². The Morgan fingerprint density at radius 3 is 2.79 bits per heavy atom. The summed E-state index contributed by atoms with van der Waals surface area (Å²) in [5.74, 6) is 0.946. The van der Waals surface area contributed by atoms with Gasteiger partial charge in [-0.3, -0.25) is 14.3 Å². The molecule has 6 rings (SSSR count). The fourth-order valence-electron chi connectivity index (χ4n) is 5.39. The van der Waals surface area contributed by atoms with Crippen molar-refractivity contribution in [1.29, 1.82) is 0 Å². The summed E-state index contributed by atoms with van der Waals surface area (Å²) in [4.78, 5) is 27.9. The van der Waals surface area contributed by atoms with Crippen molar-refractivity contribution >= 4 is 28.4 Å². The second-order valence-corrected chi connectivity index (χ2v) is 10.2. The molecule has 2 fully saturated rings. The molecule has 0 saturated carbocycles. The molecule has 2 aliphatic rings. The topological polar surface area (TPSA) is 146 Å². The zero-order valence-corrected chi connectivity index (χ0v) is 21.9. The normalized spacial score (nSPS) is 19.5. The molecular weight excluding hydrogens is 496 g/mol. The van der Waals surface area contributed by atoms with Gasteiger partial charge < -0.3 is 31.2 Å². The van der Waals surface area contributed by atoms with E-state index in [0.29, 0.717) is 48.2 Å². The third-order valence-electron chi connectivity index (χ3n) is 7.52. The summed E-state index contributed by atoms with van der Waals surface area (Å²) in [6, 6.07) is 7.20. The van der Waals surface area contributed by atoms with Gasteiger partial charge in [0.15, 0.2) is 0 Å². The third-order valence-corrected chi connectivity index (χ3v) is 7.52. The fraction of sp³-hybridized carbons (Fsp3) is 0.357. The number of hydrogen-bond donors (Lipinski definition) is 3. The first-order valence-corrected chi connectivity index (χ1v) is 13.2. The van der Waals surface area contributed by atoms with Crippen LogP contribution in [0, 0.1) is 0 Å². The molecule has 1 aromatic carbocycles. The third kappa shape index (κ3) is 4.75. The predicted molar refractivity (Wildman–Crippen MR) is 148 cm³/mol.